The summed E-state index contributed by atoms with van der Waals surface area (Å²) in [6, 6.07) is 13.4. The number of benzene rings is 2. The minimum Gasteiger partial charge on any atom is -0.497 e. The van der Waals surface area contributed by atoms with Gasteiger partial charge in [0.15, 0.2) is 0 Å². The van der Waals surface area contributed by atoms with E-state index < -0.39 is 0 Å². The number of piperazine rings is 1. The second kappa shape index (κ2) is 10.9. The molecule has 4 rings (SSSR count). The topological polar surface area (TPSA) is 62.1 Å². The Balaban J connectivity index is 1.74. The fraction of sp³-hybridized carbons (Fsp3) is 0.407. The van der Waals surface area contributed by atoms with E-state index in [1.54, 1.807) is 31.4 Å². The third-order valence-electron chi connectivity index (χ3n) is 6.70. The van der Waals surface area contributed by atoms with Crippen molar-refractivity contribution >= 4 is 11.8 Å². The molecular formula is C27H33FN4O3. The zero-order valence-corrected chi connectivity index (χ0v) is 20.8. The molecule has 0 saturated carbocycles. The number of rotatable bonds is 8. The fourth-order valence-corrected chi connectivity index (χ4v) is 4.28. The van der Waals surface area contributed by atoms with E-state index >= 15 is 0 Å². The van der Waals surface area contributed by atoms with Gasteiger partial charge in [-0.15, -0.1) is 0 Å². The van der Waals surface area contributed by atoms with Gasteiger partial charge in [0.2, 0.25) is 5.88 Å². The molecule has 1 saturated heterocycles. The lowest BCUT2D eigenvalue weighted by molar-refractivity contribution is 0.0671. The van der Waals surface area contributed by atoms with Gasteiger partial charge in [-0.05, 0) is 62.9 Å². The standard InChI is InChI=1S/C27H33FN4O3/c1-5-19(2)32(26(33)21-7-6-8-23(17-21)34-4)18-24-25(20-9-11-22(28)12-10-20)29-35-27(24)31-15-13-30(3)14-16-31/h6-12,17,19H,5,13-16,18H2,1-4H3/t19-/m0/s1. The van der Waals surface area contributed by atoms with Crippen LogP contribution in [0.25, 0.3) is 11.3 Å². The van der Waals surface area contributed by atoms with Crippen molar-refractivity contribution in [3.05, 3.63) is 65.5 Å². The molecule has 8 heteroatoms. The summed E-state index contributed by atoms with van der Waals surface area (Å²) >= 11 is 0. The van der Waals surface area contributed by atoms with Crippen LogP contribution in [-0.4, -0.2) is 67.2 Å². The van der Waals surface area contributed by atoms with Crippen LogP contribution in [0.3, 0.4) is 0 Å². The first-order chi connectivity index (χ1) is 16.9. The van der Waals surface area contributed by atoms with E-state index in [0.29, 0.717) is 29.4 Å². The number of hydrogen-bond acceptors (Lipinski definition) is 6. The predicted octanol–water partition coefficient (Wildman–Crippen LogP) is 4.68. The molecule has 0 bridgehead atoms. The lowest BCUT2D eigenvalue weighted by Gasteiger charge is -2.33. The van der Waals surface area contributed by atoms with E-state index in [2.05, 4.69) is 28.9 Å². The van der Waals surface area contributed by atoms with Gasteiger partial charge in [0.1, 0.15) is 17.3 Å². The molecule has 0 aliphatic carbocycles. The van der Waals surface area contributed by atoms with Gasteiger partial charge in [-0.2, -0.15) is 0 Å². The Morgan fingerprint density at radius 1 is 1.17 bits per heavy atom. The van der Waals surface area contributed by atoms with Crippen molar-refractivity contribution in [3.63, 3.8) is 0 Å². The van der Waals surface area contributed by atoms with Crippen LogP contribution in [0, 0.1) is 5.82 Å². The zero-order chi connectivity index (χ0) is 24.9. The molecule has 1 atom stereocenters. The van der Waals surface area contributed by atoms with Crippen LogP contribution in [0.1, 0.15) is 36.2 Å². The summed E-state index contributed by atoms with van der Waals surface area (Å²) in [6.07, 6.45) is 0.788. The molecule has 1 aliphatic heterocycles. The van der Waals surface area contributed by atoms with Crippen LogP contribution in [0.4, 0.5) is 10.3 Å². The number of methoxy groups -OCH3 is 1. The van der Waals surface area contributed by atoms with E-state index in [1.807, 2.05) is 24.0 Å². The normalized spacial score (nSPS) is 15.2. The second-order valence-electron chi connectivity index (χ2n) is 9.03. The van der Waals surface area contributed by atoms with E-state index in [1.165, 1.54) is 12.1 Å². The number of halogens is 1. The van der Waals surface area contributed by atoms with Crippen molar-refractivity contribution in [1.82, 2.24) is 15.0 Å². The van der Waals surface area contributed by atoms with Crippen molar-refractivity contribution < 1.29 is 18.4 Å². The number of ether oxygens (including phenoxy) is 1. The predicted molar refractivity (Wildman–Crippen MR) is 134 cm³/mol. The summed E-state index contributed by atoms with van der Waals surface area (Å²) in [6.45, 7) is 7.84. The molecule has 0 spiro atoms. The van der Waals surface area contributed by atoms with E-state index in [9.17, 15) is 9.18 Å². The Morgan fingerprint density at radius 3 is 2.54 bits per heavy atom. The molecule has 0 N–H and O–H groups in total. The first-order valence-electron chi connectivity index (χ1n) is 12.0. The Hall–Kier alpha value is -3.39. The molecule has 1 aliphatic rings. The van der Waals surface area contributed by atoms with Crippen LogP contribution >= 0.6 is 0 Å². The average molecular weight is 481 g/mol. The second-order valence-corrected chi connectivity index (χ2v) is 9.03. The molecule has 3 aromatic rings. The van der Waals surface area contributed by atoms with Crippen molar-refractivity contribution in [2.45, 2.75) is 32.9 Å². The Bertz CT molecular complexity index is 1140. The largest absolute Gasteiger partial charge is 0.497 e. The van der Waals surface area contributed by atoms with Crippen LogP contribution in [0.2, 0.25) is 0 Å². The molecule has 35 heavy (non-hydrogen) atoms. The average Bonchev–Trinajstić information content (AvgIpc) is 3.30. The molecule has 1 fully saturated rings. The highest BCUT2D eigenvalue weighted by Crippen LogP contribution is 2.34. The summed E-state index contributed by atoms with van der Waals surface area (Å²) in [7, 11) is 3.69. The van der Waals surface area contributed by atoms with Crippen LogP contribution in [0.5, 0.6) is 5.75 Å². The molecule has 0 unspecified atom stereocenters. The van der Waals surface area contributed by atoms with Gasteiger partial charge in [-0.25, -0.2) is 4.39 Å². The Kier molecular flexibility index (Phi) is 7.70. The summed E-state index contributed by atoms with van der Waals surface area (Å²) in [5, 5.41) is 4.40. The van der Waals surface area contributed by atoms with Gasteiger partial charge in [0, 0.05) is 43.3 Å². The van der Waals surface area contributed by atoms with Crippen LogP contribution < -0.4 is 9.64 Å². The highest BCUT2D eigenvalue weighted by atomic mass is 19.1. The number of aromatic nitrogens is 1. The van der Waals surface area contributed by atoms with Gasteiger partial charge in [0.25, 0.3) is 5.91 Å². The van der Waals surface area contributed by atoms with Gasteiger partial charge in [-0.1, -0.05) is 18.1 Å². The third-order valence-corrected chi connectivity index (χ3v) is 6.70. The number of carbonyl (C=O) groups is 1. The molecule has 7 nitrogen and oxygen atoms in total. The van der Waals surface area contributed by atoms with Crippen molar-refractivity contribution in [3.8, 4) is 17.0 Å². The highest BCUT2D eigenvalue weighted by molar-refractivity contribution is 5.95. The number of nitrogens with zero attached hydrogens (tertiary/aromatic N) is 4. The first-order valence-corrected chi connectivity index (χ1v) is 12.0. The first kappa shape index (κ1) is 24.7. The molecular weight excluding hydrogens is 447 g/mol. The number of amides is 1. The van der Waals surface area contributed by atoms with Crippen molar-refractivity contribution in [2.75, 3.05) is 45.2 Å². The molecule has 2 heterocycles. The van der Waals surface area contributed by atoms with Gasteiger partial charge < -0.3 is 24.0 Å². The number of likely N-dealkylation sites (N-methyl/N-ethyl adjacent to an activating group) is 1. The number of carbonyl (C=O) groups excluding carboxylic acids is 1. The van der Waals surface area contributed by atoms with E-state index in [4.69, 9.17) is 9.26 Å². The number of anilines is 1. The fourth-order valence-electron chi connectivity index (χ4n) is 4.28. The molecule has 1 aromatic heterocycles. The maximum atomic E-state index is 13.7. The van der Waals surface area contributed by atoms with Crippen molar-refractivity contribution in [2.24, 2.45) is 0 Å². The maximum absolute atomic E-state index is 13.7. The quantitative estimate of drug-likeness (QED) is 0.467. The van der Waals surface area contributed by atoms with Crippen molar-refractivity contribution in [1.29, 1.82) is 0 Å². The summed E-state index contributed by atoms with van der Waals surface area (Å²) < 4.78 is 24.9. The maximum Gasteiger partial charge on any atom is 0.254 e. The number of hydrogen-bond donors (Lipinski definition) is 0. The minimum absolute atomic E-state index is 0.0231. The Morgan fingerprint density at radius 2 is 1.89 bits per heavy atom. The monoisotopic (exact) mass is 480 g/mol. The summed E-state index contributed by atoms with van der Waals surface area (Å²) in [5.74, 6) is 0.903. The summed E-state index contributed by atoms with van der Waals surface area (Å²) in [5.41, 5.74) is 2.78. The molecule has 2 aromatic carbocycles. The smallest absolute Gasteiger partial charge is 0.254 e. The third kappa shape index (κ3) is 5.48. The van der Waals surface area contributed by atoms with Gasteiger partial charge in [0.05, 0.1) is 19.2 Å². The minimum atomic E-state index is -0.312. The highest BCUT2D eigenvalue weighted by Gasteiger charge is 2.30. The van der Waals surface area contributed by atoms with E-state index in [-0.39, 0.29) is 17.8 Å². The van der Waals surface area contributed by atoms with Gasteiger partial charge >= 0.3 is 0 Å². The van der Waals surface area contributed by atoms with Gasteiger partial charge in [-0.3, -0.25) is 4.79 Å². The summed E-state index contributed by atoms with van der Waals surface area (Å²) in [4.78, 5) is 20.0. The SMILES string of the molecule is CC[C@H](C)N(Cc1c(-c2ccc(F)cc2)noc1N1CCN(C)CC1)C(=O)c1cccc(OC)c1. The molecule has 186 valence electrons. The van der Waals surface area contributed by atoms with Crippen LogP contribution in [0.15, 0.2) is 53.1 Å². The lowest BCUT2D eigenvalue weighted by atomic mass is 10.0. The molecule has 0 radical (unpaired) electrons. The van der Waals surface area contributed by atoms with E-state index in [0.717, 1.165) is 43.7 Å². The molecule has 1 amide bonds. The zero-order valence-electron chi connectivity index (χ0n) is 20.8. The lowest BCUT2D eigenvalue weighted by Crippen LogP contribution is -2.45. The Labute approximate surface area is 206 Å². The van der Waals surface area contributed by atoms with Crippen LogP contribution in [-0.2, 0) is 6.54 Å².